The predicted octanol–water partition coefficient (Wildman–Crippen LogP) is 1.36. The zero-order chi connectivity index (χ0) is 10.0. The van der Waals surface area contributed by atoms with Crippen LogP contribution in [0.15, 0.2) is 12.1 Å². The van der Waals surface area contributed by atoms with Crippen molar-refractivity contribution in [3.8, 4) is 11.5 Å². The number of carbonyl (C=O) groups is 1. The number of carboxylic acid groups (broad SMARTS) is 1. The highest BCUT2D eigenvalue weighted by molar-refractivity contribution is 5.91. The van der Waals surface area contributed by atoms with Crippen LogP contribution in [-0.4, -0.2) is 21.3 Å². The number of benzene rings is 1. The van der Waals surface area contributed by atoms with Gasteiger partial charge in [-0.15, -0.1) is 0 Å². The van der Waals surface area contributed by atoms with E-state index in [1.807, 2.05) is 0 Å². The maximum absolute atomic E-state index is 10.6. The number of phenolic OH excluding ortho intramolecular Hbond substituents is 1. The van der Waals surface area contributed by atoms with Crippen molar-refractivity contribution >= 4 is 5.97 Å². The molecule has 4 heteroatoms. The number of hydrogen-bond donors (Lipinski definition) is 3. The fraction of sp³-hybridized carbons (Fsp3) is 0.222. The Balaban J connectivity index is 3.35. The third kappa shape index (κ3) is 1.56. The van der Waals surface area contributed by atoms with Crippen LogP contribution in [0.2, 0.25) is 0 Å². The lowest BCUT2D eigenvalue weighted by atomic mass is 10.1. The van der Waals surface area contributed by atoms with Gasteiger partial charge in [0.25, 0.3) is 0 Å². The van der Waals surface area contributed by atoms with Crippen LogP contribution in [0.1, 0.15) is 22.8 Å². The van der Waals surface area contributed by atoms with E-state index in [2.05, 4.69) is 0 Å². The van der Waals surface area contributed by atoms with Gasteiger partial charge in [0.1, 0.15) is 17.1 Å². The number of rotatable bonds is 2. The molecule has 1 aromatic carbocycles. The van der Waals surface area contributed by atoms with Crippen LogP contribution in [-0.2, 0) is 6.42 Å². The minimum absolute atomic E-state index is 0.0787. The molecule has 0 saturated heterocycles. The molecular weight excluding hydrogens is 172 g/mol. The second kappa shape index (κ2) is 3.35. The van der Waals surface area contributed by atoms with Crippen molar-refractivity contribution in [1.29, 1.82) is 0 Å². The summed E-state index contributed by atoms with van der Waals surface area (Å²) < 4.78 is 0. The summed E-state index contributed by atoms with van der Waals surface area (Å²) in [5.41, 5.74) is 0.0783. The van der Waals surface area contributed by atoms with E-state index < -0.39 is 5.97 Å². The van der Waals surface area contributed by atoms with Gasteiger partial charge in [0.15, 0.2) is 0 Å². The van der Waals surface area contributed by atoms with Crippen molar-refractivity contribution in [2.45, 2.75) is 13.3 Å². The van der Waals surface area contributed by atoms with Crippen LogP contribution in [0.4, 0.5) is 0 Å². The Morgan fingerprint density at radius 3 is 2.46 bits per heavy atom. The molecule has 1 aromatic rings. The standard InChI is InChI=1S/C9H10O4/c1-2-5-7(10)4-3-6(8(5)11)9(12)13/h3-4,10-11H,2H2,1H3,(H,12,13). The molecule has 0 saturated carbocycles. The smallest absolute Gasteiger partial charge is 0.339 e. The van der Waals surface area contributed by atoms with Gasteiger partial charge >= 0.3 is 5.97 Å². The van der Waals surface area contributed by atoms with Crippen LogP contribution in [0.5, 0.6) is 11.5 Å². The second-order valence-corrected chi connectivity index (χ2v) is 2.62. The Kier molecular flexibility index (Phi) is 2.41. The van der Waals surface area contributed by atoms with Gasteiger partial charge in [0.2, 0.25) is 0 Å². The Morgan fingerprint density at radius 1 is 1.38 bits per heavy atom. The van der Waals surface area contributed by atoms with Gasteiger partial charge < -0.3 is 15.3 Å². The van der Waals surface area contributed by atoms with Crippen LogP contribution < -0.4 is 0 Å². The minimum atomic E-state index is -1.20. The molecule has 0 heterocycles. The molecule has 0 fully saturated rings. The normalized spacial score (nSPS) is 9.92. The number of carboxylic acids is 1. The van der Waals surface area contributed by atoms with E-state index in [4.69, 9.17) is 5.11 Å². The van der Waals surface area contributed by atoms with E-state index in [-0.39, 0.29) is 22.6 Å². The number of aromatic hydroxyl groups is 2. The molecule has 1 rings (SSSR count). The Hall–Kier alpha value is -1.71. The lowest BCUT2D eigenvalue weighted by Gasteiger charge is -2.06. The van der Waals surface area contributed by atoms with Crippen LogP contribution >= 0.6 is 0 Å². The Bertz CT molecular complexity index is 344. The summed E-state index contributed by atoms with van der Waals surface area (Å²) >= 11 is 0. The predicted molar refractivity (Wildman–Crippen MR) is 46.1 cm³/mol. The molecule has 0 aliphatic heterocycles. The third-order valence-corrected chi connectivity index (χ3v) is 1.84. The summed E-state index contributed by atoms with van der Waals surface area (Å²) in [6.07, 6.45) is 0.388. The first-order chi connectivity index (χ1) is 6.07. The molecule has 0 aromatic heterocycles. The van der Waals surface area contributed by atoms with Gasteiger partial charge in [-0.2, -0.15) is 0 Å². The van der Waals surface area contributed by atoms with Gasteiger partial charge in [-0.25, -0.2) is 4.79 Å². The van der Waals surface area contributed by atoms with Crippen molar-refractivity contribution in [2.24, 2.45) is 0 Å². The molecule has 0 bridgehead atoms. The molecule has 0 atom stereocenters. The average molecular weight is 182 g/mol. The van der Waals surface area contributed by atoms with Crippen molar-refractivity contribution in [2.75, 3.05) is 0 Å². The molecule has 70 valence electrons. The molecular formula is C9H10O4. The number of phenols is 2. The lowest BCUT2D eigenvalue weighted by Crippen LogP contribution is -1.98. The van der Waals surface area contributed by atoms with Gasteiger partial charge in [-0.05, 0) is 18.6 Å². The zero-order valence-corrected chi connectivity index (χ0v) is 7.11. The van der Waals surface area contributed by atoms with Gasteiger partial charge in [0, 0.05) is 5.56 Å². The van der Waals surface area contributed by atoms with Crippen LogP contribution in [0, 0.1) is 0 Å². The molecule has 3 N–H and O–H groups in total. The molecule has 0 aliphatic carbocycles. The fourth-order valence-corrected chi connectivity index (χ4v) is 1.15. The van der Waals surface area contributed by atoms with E-state index in [0.29, 0.717) is 6.42 Å². The summed E-state index contributed by atoms with van der Waals surface area (Å²) in [7, 11) is 0. The summed E-state index contributed by atoms with van der Waals surface area (Å²) in [4.78, 5) is 10.6. The summed E-state index contributed by atoms with van der Waals surface area (Å²) in [6, 6.07) is 2.44. The van der Waals surface area contributed by atoms with E-state index in [1.165, 1.54) is 12.1 Å². The molecule has 0 unspecified atom stereocenters. The first kappa shape index (κ1) is 9.38. The zero-order valence-electron chi connectivity index (χ0n) is 7.11. The Morgan fingerprint density at radius 2 is 2.00 bits per heavy atom. The maximum Gasteiger partial charge on any atom is 0.339 e. The minimum Gasteiger partial charge on any atom is -0.508 e. The van der Waals surface area contributed by atoms with Crippen molar-refractivity contribution < 1.29 is 20.1 Å². The number of aromatic carboxylic acids is 1. The van der Waals surface area contributed by atoms with E-state index in [9.17, 15) is 15.0 Å². The molecule has 13 heavy (non-hydrogen) atoms. The molecule has 0 aliphatic rings. The molecule has 0 amide bonds. The third-order valence-electron chi connectivity index (χ3n) is 1.84. The van der Waals surface area contributed by atoms with Crippen LogP contribution in [0.3, 0.4) is 0 Å². The van der Waals surface area contributed by atoms with Gasteiger partial charge in [-0.3, -0.25) is 0 Å². The van der Waals surface area contributed by atoms with Crippen LogP contribution in [0.25, 0.3) is 0 Å². The Labute approximate surface area is 75.1 Å². The fourth-order valence-electron chi connectivity index (χ4n) is 1.15. The highest BCUT2D eigenvalue weighted by Crippen LogP contribution is 2.30. The maximum atomic E-state index is 10.6. The summed E-state index contributed by atoms with van der Waals surface area (Å²) in [5.74, 6) is -1.63. The molecule has 0 radical (unpaired) electrons. The SMILES string of the molecule is CCc1c(O)ccc(C(=O)O)c1O. The van der Waals surface area contributed by atoms with E-state index in [0.717, 1.165) is 0 Å². The quantitative estimate of drug-likeness (QED) is 0.645. The monoisotopic (exact) mass is 182 g/mol. The van der Waals surface area contributed by atoms with E-state index in [1.54, 1.807) is 6.92 Å². The largest absolute Gasteiger partial charge is 0.508 e. The molecule has 0 spiro atoms. The summed E-state index contributed by atoms with van der Waals surface area (Å²) in [6.45, 7) is 1.72. The molecule has 4 nitrogen and oxygen atoms in total. The number of hydrogen-bond acceptors (Lipinski definition) is 3. The highest BCUT2D eigenvalue weighted by Gasteiger charge is 2.14. The lowest BCUT2D eigenvalue weighted by molar-refractivity contribution is 0.0693. The summed E-state index contributed by atoms with van der Waals surface area (Å²) in [5, 5.41) is 27.3. The van der Waals surface area contributed by atoms with Gasteiger partial charge in [-0.1, -0.05) is 6.92 Å². The van der Waals surface area contributed by atoms with Crippen molar-refractivity contribution in [3.05, 3.63) is 23.3 Å². The van der Waals surface area contributed by atoms with Gasteiger partial charge in [0.05, 0.1) is 0 Å². The first-order valence-corrected chi connectivity index (χ1v) is 3.85. The first-order valence-electron chi connectivity index (χ1n) is 3.85. The van der Waals surface area contributed by atoms with Crippen molar-refractivity contribution in [1.82, 2.24) is 0 Å². The van der Waals surface area contributed by atoms with E-state index >= 15 is 0 Å². The van der Waals surface area contributed by atoms with Crippen molar-refractivity contribution in [3.63, 3.8) is 0 Å². The average Bonchev–Trinajstić information content (AvgIpc) is 2.04. The highest BCUT2D eigenvalue weighted by atomic mass is 16.4. The topological polar surface area (TPSA) is 77.8 Å². The second-order valence-electron chi connectivity index (χ2n) is 2.62.